The summed E-state index contributed by atoms with van der Waals surface area (Å²) >= 11 is 1.44. The van der Waals surface area contributed by atoms with Gasteiger partial charge in [0.25, 0.3) is 0 Å². The Morgan fingerprint density at radius 2 is 1.90 bits per heavy atom. The van der Waals surface area contributed by atoms with Crippen LogP contribution in [0.2, 0.25) is 0 Å². The highest BCUT2D eigenvalue weighted by molar-refractivity contribution is 7.14. The monoisotopic (exact) mass is 421 g/mol. The maximum Gasteiger partial charge on any atom is 0.226 e. The number of benzene rings is 1. The second kappa shape index (κ2) is 9.23. The van der Waals surface area contributed by atoms with Crippen LogP contribution in [-0.4, -0.2) is 20.7 Å². The van der Waals surface area contributed by atoms with Gasteiger partial charge in [-0.3, -0.25) is 9.48 Å². The lowest BCUT2D eigenvalue weighted by atomic mass is 9.99. The molecule has 2 heterocycles. The Morgan fingerprint density at radius 3 is 2.63 bits per heavy atom. The van der Waals surface area contributed by atoms with Crippen molar-refractivity contribution in [2.45, 2.75) is 60.4 Å². The quantitative estimate of drug-likeness (QED) is 0.580. The van der Waals surface area contributed by atoms with E-state index in [1.54, 1.807) is 0 Å². The standard InChI is InChI=1S/C23H27N5OS/c1-14-11-16(3)20(12-15(14)2)21-13-30-23(25-21)26-22(29)8-7-19-17(4)27-28(18(19)5)10-6-9-24/h11-13H,6-8,10H2,1-5H3,(H,25,26,29). The van der Waals surface area contributed by atoms with Gasteiger partial charge in [-0.1, -0.05) is 6.07 Å². The predicted octanol–water partition coefficient (Wildman–Crippen LogP) is 5.03. The van der Waals surface area contributed by atoms with Gasteiger partial charge in [0, 0.05) is 23.1 Å². The van der Waals surface area contributed by atoms with Crippen molar-refractivity contribution in [1.29, 1.82) is 5.26 Å². The minimum absolute atomic E-state index is 0.0590. The van der Waals surface area contributed by atoms with Crippen LogP contribution in [0.15, 0.2) is 17.5 Å². The van der Waals surface area contributed by atoms with Gasteiger partial charge in [-0.25, -0.2) is 4.98 Å². The van der Waals surface area contributed by atoms with Crippen molar-refractivity contribution < 1.29 is 4.79 Å². The number of hydrogen-bond acceptors (Lipinski definition) is 5. The molecule has 0 aliphatic heterocycles. The number of thiazole rings is 1. The van der Waals surface area contributed by atoms with Crippen LogP contribution in [0.25, 0.3) is 11.3 Å². The van der Waals surface area contributed by atoms with E-state index in [1.165, 1.54) is 28.0 Å². The number of carbonyl (C=O) groups is 1. The number of amides is 1. The first-order valence-corrected chi connectivity index (χ1v) is 10.9. The minimum atomic E-state index is -0.0590. The second-order valence-corrected chi connectivity index (χ2v) is 8.48. The molecule has 1 amide bonds. The summed E-state index contributed by atoms with van der Waals surface area (Å²) in [5.41, 5.74) is 8.69. The molecule has 3 aromatic rings. The van der Waals surface area contributed by atoms with Gasteiger partial charge in [-0.2, -0.15) is 10.4 Å². The van der Waals surface area contributed by atoms with Gasteiger partial charge in [0.1, 0.15) is 0 Å². The molecule has 156 valence electrons. The zero-order valence-corrected chi connectivity index (χ0v) is 19.0. The molecule has 0 saturated heterocycles. The van der Waals surface area contributed by atoms with Crippen LogP contribution in [-0.2, 0) is 17.8 Å². The van der Waals surface area contributed by atoms with Crippen LogP contribution in [0.5, 0.6) is 0 Å². The number of anilines is 1. The maximum absolute atomic E-state index is 12.5. The van der Waals surface area contributed by atoms with Crippen LogP contribution < -0.4 is 5.32 Å². The maximum atomic E-state index is 12.5. The highest BCUT2D eigenvalue weighted by Gasteiger charge is 2.15. The predicted molar refractivity (Wildman–Crippen MR) is 121 cm³/mol. The van der Waals surface area contributed by atoms with Gasteiger partial charge >= 0.3 is 0 Å². The molecule has 0 unspecified atom stereocenters. The van der Waals surface area contributed by atoms with Gasteiger partial charge in [0.2, 0.25) is 5.91 Å². The number of carbonyl (C=O) groups excluding carboxylic acids is 1. The third kappa shape index (κ3) is 4.77. The largest absolute Gasteiger partial charge is 0.302 e. The highest BCUT2D eigenvalue weighted by Crippen LogP contribution is 2.29. The fraction of sp³-hybridized carbons (Fsp3) is 0.391. The van der Waals surface area contributed by atoms with Gasteiger partial charge in [0.15, 0.2) is 5.13 Å². The van der Waals surface area contributed by atoms with E-state index >= 15 is 0 Å². The molecular formula is C23H27N5OS. The van der Waals surface area contributed by atoms with E-state index in [-0.39, 0.29) is 5.91 Å². The summed E-state index contributed by atoms with van der Waals surface area (Å²) < 4.78 is 1.85. The van der Waals surface area contributed by atoms with Crippen molar-refractivity contribution in [2.75, 3.05) is 5.32 Å². The summed E-state index contributed by atoms with van der Waals surface area (Å²) in [5.74, 6) is -0.0590. The highest BCUT2D eigenvalue weighted by atomic mass is 32.1. The van der Waals surface area contributed by atoms with E-state index in [1.807, 2.05) is 23.9 Å². The van der Waals surface area contributed by atoms with Gasteiger partial charge < -0.3 is 5.32 Å². The zero-order valence-electron chi connectivity index (χ0n) is 18.2. The number of aromatic nitrogens is 3. The molecule has 1 N–H and O–H groups in total. The van der Waals surface area contributed by atoms with Crippen molar-refractivity contribution in [2.24, 2.45) is 0 Å². The molecule has 7 heteroatoms. The lowest BCUT2D eigenvalue weighted by molar-refractivity contribution is -0.116. The Kier molecular flexibility index (Phi) is 6.68. The Bertz CT molecular complexity index is 1120. The average molecular weight is 422 g/mol. The molecule has 0 saturated carbocycles. The third-order valence-corrected chi connectivity index (χ3v) is 6.19. The van der Waals surface area contributed by atoms with E-state index in [2.05, 4.69) is 54.4 Å². The van der Waals surface area contributed by atoms with E-state index in [9.17, 15) is 4.79 Å². The van der Waals surface area contributed by atoms with Crippen LogP contribution in [0.3, 0.4) is 0 Å². The molecule has 0 bridgehead atoms. The average Bonchev–Trinajstić information content (AvgIpc) is 3.25. The number of rotatable bonds is 7. The molecule has 6 nitrogen and oxygen atoms in total. The molecule has 1 aromatic carbocycles. The topological polar surface area (TPSA) is 83.6 Å². The lowest BCUT2D eigenvalue weighted by Crippen LogP contribution is -2.12. The molecular weight excluding hydrogens is 394 g/mol. The minimum Gasteiger partial charge on any atom is -0.302 e. The number of hydrogen-bond donors (Lipinski definition) is 1. The van der Waals surface area contributed by atoms with Crippen molar-refractivity contribution in [3.8, 4) is 17.3 Å². The molecule has 2 aromatic heterocycles. The Morgan fingerprint density at radius 1 is 1.17 bits per heavy atom. The van der Waals surface area contributed by atoms with Crippen LogP contribution >= 0.6 is 11.3 Å². The van der Waals surface area contributed by atoms with Gasteiger partial charge in [0.05, 0.1) is 30.4 Å². The first kappa shape index (κ1) is 21.7. The summed E-state index contributed by atoms with van der Waals surface area (Å²) in [4.78, 5) is 17.1. The number of nitrogens with zero attached hydrogens (tertiary/aromatic N) is 4. The smallest absolute Gasteiger partial charge is 0.226 e. The second-order valence-electron chi connectivity index (χ2n) is 7.62. The Balaban J connectivity index is 1.64. The number of nitriles is 1. The number of aryl methyl sites for hydroxylation is 5. The fourth-order valence-electron chi connectivity index (χ4n) is 3.58. The molecule has 0 radical (unpaired) electrons. The molecule has 0 aliphatic carbocycles. The number of nitrogens with one attached hydrogen (secondary N) is 1. The molecule has 30 heavy (non-hydrogen) atoms. The lowest BCUT2D eigenvalue weighted by Gasteiger charge is -2.07. The van der Waals surface area contributed by atoms with Crippen LogP contribution in [0.4, 0.5) is 5.13 Å². The van der Waals surface area contributed by atoms with E-state index in [0.29, 0.717) is 30.9 Å². The van der Waals surface area contributed by atoms with Crippen LogP contribution in [0, 0.1) is 45.9 Å². The van der Waals surface area contributed by atoms with Crippen molar-refractivity contribution >= 4 is 22.4 Å². The van der Waals surface area contributed by atoms with Gasteiger partial charge in [-0.15, -0.1) is 11.3 Å². The molecule has 3 rings (SSSR count). The normalized spacial score (nSPS) is 10.8. The SMILES string of the molecule is Cc1cc(C)c(-c2csc(NC(=O)CCc3c(C)nn(CCC#N)c3C)n2)cc1C. The summed E-state index contributed by atoms with van der Waals surface area (Å²) in [7, 11) is 0. The van der Waals surface area contributed by atoms with Crippen molar-refractivity contribution in [3.63, 3.8) is 0 Å². The molecule has 0 atom stereocenters. The summed E-state index contributed by atoms with van der Waals surface area (Å²) in [5, 5.41) is 18.8. The first-order chi connectivity index (χ1) is 14.3. The zero-order chi connectivity index (χ0) is 21.8. The van der Waals surface area contributed by atoms with E-state index in [0.717, 1.165) is 28.2 Å². The first-order valence-electron chi connectivity index (χ1n) is 10.0. The summed E-state index contributed by atoms with van der Waals surface area (Å²) in [6.45, 7) is 10.8. The Hall–Kier alpha value is -2.98. The Labute approximate surface area is 181 Å². The van der Waals surface area contributed by atoms with E-state index in [4.69, 9.17) is 5.26 Å². The third-order valence-electron chi connectivity index (χ3n) is 5.44. The van der Waals surface area contributed by atoms with Crippen LogP contribution in [0.1, 0.15) is 46.5 Å². The molecule has 0 spiro atoms. The van der Waals surface area contributed by atoms with E-state index < -0.39 is 0 Å². The fourth-order valence-corrected chi connectivity index (χ4v) is 4.31. The molecule has 0 aliphatic rings. The summed E-state index contributed by atoms with van der Waals surface area (Å²) in [6.07, 6.45) is 1.40. The summed E-state index contributed by atoms with van der Waals surface area (Å²) in [6, 6.07) is 6.47. The van der Waals surface area contributed by atoms with Crippen molar-refractivity contribution in [1.82, 2.24) is 14.8 Å². The van der Waals surface area contributed by atoms with Gasteiger partial charge in [-0.05, 0) is 69.4 Å². The van der Waals surface area contributed by atoms with Crippen molar-refractivity contribution in [3.05, 3.63) is 51.2 Å². The molecule has 0 fully saturated rings.